The molecule has 1 aromatic rings. The van der Waals surface area contributed by atoms with Crippen LogP contribution in [0.4, 0.5) is 5.69 Å². The predicted octanol–water partition coefficient (Wildman–Crippen LogP) is 3.11. The van der Waals surface area contributed by atoms with Gasteiger partial charge in [-0.05, 0) is 25.3 Å². The highest BCUT2D eigenvalue weighted by atomic mass is 16.6. The number of rotatable bonds is 3. The van der Waals surface area contributed by atoms with Crippen LogP contribution >= 0.6 is 0 Å². The van der Waals surface area contributed by atoms with Crippen LogP contribution in [0.3, 0.4) is 0 Å². The van der Waals surface area contributed by atoms with E-state index < -0.39 is 10.3 Å². The molecule has 1 aliphatic carbocycles. The Hall–Kier alpha value is -2.24. The van der Waals surface area contributed by atoms with Gasteiger partial charge < -0.3 is 0 Å². The molecule has 2 aliphatic rings. The Morgan fingerprint density at radius 3 is 2.57 bits per heavy atom. The summed E-state index contributed by atoms with van der Waals surface area (Å²) in [7, 11) is 0. The standard InChI is InChI=1S/C17H20N2O4/c1-12-13(6-5-7-14(12)19(22)23)11-18-15(20)10-17(16(18)21)8-3-2-4-9-17/h5-7H,2-4,8-11H2,1H3. The average molecular weight is 316 g/mol. The maximum absolute atomic E-state index is 12.8. The minimum absolute atomic E-state index is 0.0222. The van der Waals surface area contributed by atoms with Crippen molar-refractivity contribution in [3.63, 3.8) is 0 Å². The lowest BCUT2D eigenvalue weighted by atomic mass is 9.73. The molecule has 0 atom stereocenters. The second kappa shape index (κ2) is 5.76. The van der Waals surface area contributed by atoms with Crippen LogP contribution in [0.5, 0.6) is 0 Å². The highest BCUT2D eigenvalue weighted by molar-refractivity contribution is 6.05. The van der Waals surface area contributed by atoms with E-state index in [1.54, 1.807) is 19.1 Å². The van der Waals surface area contributed by atoms with Crippen LogP contribution in [-0.2, 0) is 16.1 Å². The van der Waals surface area contributed by atoms with Crippen molar-refractivity contribution in [1.82, 2.24) is 4.90 Å². The Morgan fingerprint density at radius 2 is 1.91 bits per heavy atom. The van der Waals surface area contributed by atoms with Crippen LogP contribution in [0.15, 0.2) is 18.2 Å². The van der Waals surface area contributed by atoms with Gasteiger partial charge in [0.25, 0.3) is 5.69 Å². The lowest BCUT2D eigenvalue weighted by molar-refractivity contribution is -0.385. The Balaban J connectivity index is 1.86. The van der Waals surface area contributed by atoms with E-state index in [9.17, 15) is 19.7 Å². The van der Waals surface area contributed by atoms with Gasteiger partial charge in [0.1, 0.15) is 0 Å². The largest absolute Gasteiger partial charge is 0.278 e. The van der Waals surface area contributed by atoms with Crippen molar-refractivity contribution in [2.75, 3.05) is 0 Å². The summed E-state index contributed by atoms with van der Waals surface area (Å²) in [4.78, 5) is 37.1. The molecular weight excluding hydrogens is 296 g/mol. The highest BCUT2D eigenvalue weighted by Crippen LogP contribution is 2.45. The van der Waals surface area contributed by atoms with Gasteiger partial charge in [0, 0.05) is 18.1 Å². The number of nitro groups is 1. The minimum atomic E-state index is -0.510. The number of likely N-dealkylation sites (tertiary alicyclic amines) is 1. The van der Waals surface area contributed by atoms with E-state index in [1.807, 2.05) is 0 Å². The summed E-state index contributed by atoms with van der Waals surface area (Å²) >= 11 is 0. The zero-order valence-electron chi connectivity index (χ0n) is 13.2. The SMILES string of the molecule is Cc1c(CN2C(=O)CC3(CCCCC3)C2=O)cccc1[N+](=O)[O-]. The highest BCUT2D eigenvalue weighted by Gasteiger charge is 2.51. The quantitative estimate of drug-likeness (QED) is 0.487. The number of amides is 2. The Labute approximate surface area is 134 Å². The van der Waals surface area contributed by atoms with Gasteiger partial charge in [-0.1, -0.05) is 31.4 Å². The fourth-order valence-electron chi connectivity index (χ4n) is 3.85. The Kier molecular flexibility index (Phi) is 3.92. The van der Waals surface area contributed by atoms with Crippen molar-refractivity contribution < 1.29 is 14.5 Å². The van der Waals surface area contributed by atoms with Gasteiger partial charge in [-0.15, -0.1) is 0 Å². The smallest absolute Gasteiger partial charge is 0.272 e. The first-order chi connectivity index (χ1) is 10.9. The van der Waals surface area contributed by atoms with Crippen LogP contribution in [0.1, 0.15) is 49.7 Å². The number of carbonyl (C=O) groups is 2. The summed E-state index contributed by atoms with van der Waals surface area (Å²) in [6.45, 7) is 1.79. The van der Waals surface area contributed by atoms with Crippen molar-refractivity contribution in [1.29, 1.82) is 0 Å². The molecule has 2 fully saturated rings. The first-order valence-corrected chi connectivity index (χ1v) is 8.02. The summed E-state index contributed by atoms with van der Waals surface area (Å²) < 4.78 is 0. The van der Waals surface area contributed by atoms with Gasteiger partial charge in [-0.25, -0.2) is 0 Å². The molecule has 6 heteroatoms. The second-order valence-corrected chi connectivity index (χ2v) is 6.62. The monoisotopic (exact) mass is 316 g/mol. The van der Waals surface area contributed by atoms with Gasteiger partial charge in [-0.2, -0.15) is 0 Å². The molecule has 3 rings (SSSR count). The van der Waals surface area contributed by atoms with Crippen molar-refractivity contribution in [3.8, 4) is 0 Å². The molecule has 1 heterocycles. The zero-order valence-corrected chi connectivity index (χ0v) is 13.2. The zero-order chi connectivity index (χ0) is 16.6. The van der Waals surface area contributed by atoms with Crippen molar-refractivity contribution >= 4 is 17.5 Å². The third-order valence-electron chi connectivity index (χ3n) is 5.24. The molecule has 1 saturated carbocycles. The van der Waals surface area contributed by atoms with Gasteiger partial charge >= 0.3 is 0 Å². The maximum atomic E-state index is 12.8. The molecular formula is C17H20N2O4. The summed E-state index contributed by atoms with van der Waals surface area (Å²) in [5.74, 6) is -0.240. The number of benzene rings is 1. The van der Waals surface area contributed by atoms with E-state index in [2.05, 4.69) is 0 Å². The van der Waals surface area contributed by atoms with Crippen LogP contribution in [0, 0.1) is 22.5 Å². The van der Waals surface area contributed by atoms with E-state index in [0.717, 1.165) is 32.1 Å². The number of hydrogen-bond acceptors (Lipinski definition) is 4. The molecule has 0 aromatic heterocycles. The minimum Gasteiger partial charge on any atom is -0.278 e. The van der Waals surface area contributed by atoms with Crippen molar-refractivity contribution in [3.05, 3.63) is 39.4 Å². The van der Waals surface area contributed by atoms with E-state index in [4.69, 9.17) is 0 Å². The molecule has 1 aliphatic heterocycles. The predicted molar refractivity (Wildman–Crippen MR) is 83.5 cm³/mol. The Morgan fingerprint density at radius 1 is 1.22 bits per heavy atom. The third-order valence-corrected chi connectivity index (χ3v) is 5.24. The molecule has 0 unspecified atom stereocenters. The molecule has 1 aromatic carbocycles. The van der Waals surface area contributed by atoms with Gasteiger partial charge in [0.05, 0.1) is 16.9 Å². The van der Waals surface area contributed by atoms with Crippen LogP contribution < -0.4 is 0 Å². The van der Waals surface area contributed by atoms with E-state index >= 15 is 0 Å². The maximum Gasteiger partial charge on any atom is 0.272 e. The van der Waals surface area contributed by atoms with Crippen LogP contribution in [-0.4, -0.2) is 21.6 Å². The second-order valence-electron chi connectivity index (χ2n) is 6.62. The molecule has 0 bridgehead atoms. The first-order valence-electron chi connectivity index (χ1n) is 8.02. The number of hydrogen-bond donors (Lipinski definition) is 0. The van der Waals surface area contributed by atoms with E-state index in [0.29, 0.717) is 17.5 Å². The van der Waals surface area contributed by atoms with E-state index in [1.165, 1.54) is 11.0 Å². The average Bonchev–Trinajstić information content (AvgIpc) is 2.74. The van der Waals surface area contributed by atoms with Crippen molar-refractivity contribution in [2.45, 2.75) is 52.0 Å². The van der Waals surface area contributed by atoms with Gasteiger partial charge in [0.15, 0.2) is 0 Å². The normalized spacial score (nSPS) is 20.3. The number of carbonyl (C=O) groups excluding carboxylic acids is 2. The van der Waals surface area contributed by atoms with Crippen molar-refractivity contribution in [2.24, 2.45) is 5.41 Å². The van der Waals surface area contributed by atoms with Gasteiger partial charge in [0.2, 0.25) is 11.8 Å². The third kappa shape index (κ3) is 2.62. The summed E-state index contributed by atoms with van der Waals surface area (Å²) in [6, 6.07) is 4.78. The molecule has 23 heavy (non-hydrogen) atoms. The molecule has 0 N–H and O–H groups in total. The fourth-order valence-corrected chi connectivity index (χ4v) is 3.85. The lowest BCUT2D eigenvalue weighted by Gasteiger charge is -2.30. The summed E-state index contributed by atoms with van der Waals surface area (Å²) in [5, 5.41) is 11.0. The number of nitro benzene ring substituents is 1. The lowest BCUT2D eigenvalue weighted by Crippen LogP contribution is -2.36. The molecule has 122 valence electrons. The number of nitrogens with zero attached hydrogens (tertiary/aromatic N) is 2. The van der Waals surface area contributed by atoms with Crippen LogP contribution in [0.2, 0.25) is 0 Å². The molecule has 1 spiro atoms. The number of imide groups is 1. The molecule has 6 nitrogen and oxygen atoms in total. The Bertz CT molecular complexity index is 677. The topological polar surface area (TPSA) is 80.5 Å². The molecule has 1 saturated heterocycles. The molecule has 0 radical (unpaired) electrons. The van der Waals surface area contributed by atoms with Gasteiger partial charge in [-0.3, -0.25) is 24.6 Å². The molecule has 2 amide bonds. The summed E-state index contributed by atoms with van der Waals surface area (Å²) in [5.41, 5.74) is 0.690. The first kappa shape index (κ1) is 15.6. The van der Waals surface area contributed by atoms with E-state index in [-0.39, 0.29) is 24.0 Å². The summed E-state index contributed by atoms with van der Waals surface area (Å²) in [6.07, 6.45) is 4.95. The fraction of sp³-hybridized carbons (Fsp3) is 0.529. The van der Waals surface area contributed by atoms with Crippen LogP contribution in [0.25, 0.3) is 0 Å².